The summed E-state index contributed by atoms with van der Waals surface area (Å²) in [7, 11) is 3.30. The number of rotatable bonds is 7. The molecule has 174 valence electrons. The van der Waals surface area contributed by atoms with Gasteiger partial charge in [-0.05, 0) is 44.4 Å². The topological polar surface area (TPSA) is 60.4 Å². The number of nitrogens with zero attached hydrogens (tertiary/aromatic N) is 4. The molecule has 0 unspecified atom stereocenters. The third-order valence-corrected chi connectivity index (χ3v) is 6.22. The number of likely N-dealkylation sites (tertiary alicyclic amines) is 1. The van der Waals surface area contributed by atoms with Crippen molar-refractivity contribution in [2.75, 3.05) is 71.4 Å². The Bertz CT molecular complexity index is 672. The van der Waals surface area contributed by atoms with Crippen LogP contribution >= 0.6 is 24.0 Å². The second kappa shape index (κ2) is 13.8. The Hall–Kier alpha value is -1.55. The fourth-order valence-electron chi connectivity index (χ4n) is 4.36. The molecule has 0 aromatic heterocycles. The summed E-state index contributed by atoms with van der Waals surface area (Å²) >= 11 is 0. The van der Waals surface area contributed by atoms with Crippen LogP contribution in [0, 0.1) is 5.92 Å². The van der Waals surface area contributed by atoms with E-state index < -0.39 is 0 Å². The zero-order valence-corrected chi connectivity index (χ0v) is 21.3. The average molecular weight is 543 g/mol. The van der Waals surface area contributed by atoms with Crippen LogP contribution in [0.1, 0.15) is 25.7 Å². The largest absolute Gasteiger partial charge is 0.469 e. The molecule has 0 bridgehead atoms. The summed E-state index contributed by atoms with van der Waals surface area (Å²) < 4.78 is 4.87. The number of para-hydroxylation sites is 1. The van der Waals surface area contributed by atoms with Crippen LogP contribution in [0.15, 0.2) is 35.3 Å². The van der Waals surface area contributed by atoms with E-state index in [9.17, 15) is 4.79 Å². The number of guanidine groups is 1. The number of carbonyl (C=O) groups excluding carboxylic acids is 1. The minimum atomic E-state index is -0.0813. The first-order chi connectivity index (χ1) is 14.7. The molecule has 2 fully saturated rings. The van der Waals surface area contributed by atoms with E-state index in [1.807, 2.05) is 7.05 Å². The molecule has 3 rings (SSSR count). The Morgan fingerprint density at radius 2 is 1.74 bits per heavy atom. The minimum absolute atomic E-state index is 0. The number of unbranched alkanes of at least 4 members (excludes halogenated alkanes) is 1. The lowest BCUT2D eigenvalue weighted by molar-refractivity contribution is -0.146. The van der Waals surface area contributed by atoms with E-state index in [0.717, 1.165) is 77.6 Å². The summed E-state index contributed by atoms with van der Waals surface area (Å²) in [4.78, 5) is 23.4. The molecule has 0 amide bonds. The molecule has 0 atom stereocenters. The molecule has 0 saturated carbocycles. The van der Waals surface area contributed by atoms with Crippen LogP contribution in [-0.2, 0) is 9.53 Å². The lowest BCUT2D eigenvalue weighted by Crippen LogP contribution is -2.47. The molecule has 2 saturated heterocycles. The first-order valence-electron chi connectivity index (χ1n) is 11.3. The van der Waals surface area contributed by atoms with Gasteiger partial charge in [-0.2, -0.15) is 0 Å². The molecule has 31 heavy (non-hydrogen) atoms. The summed E-state index contributed by atoms with van der Waals surface area (Å²) in [5.74, 6) is 0.906. The number of piperazine rings is 1. The van der Waals surface area contributed by atoms with E-state index in [2.05, 4.69) is 55.3 Å². The van der Waals surface area contributed by atoms with Crippen LogP contribution in [0.2, 0.25) is 0 Å². The predicted octanol–water partition coefficient (Wildman–Crippen LogP) is 2.67. The normalized spacial score (nSPS) is 18.5. The summed E-state index contributed by atoms with van der Waals surface area (Å²) in [5, 5.41) is 3.50. The number of anilines is 1. The molecule has 0 spiro atoms. The van der Waals surface area contributed by atoms with Crippen LogP contribution < -0.4 is 10.2 Å². The van der Waals surface area contributed by atoms with Crippen molar-refractivity contribution < 1.29 is 9.53 Å². The van der Waals surface area contributed by atoms with Gasteiger partial charge in [0.15, 0.2) is 5.96 Å². The number of hydrogen-bond acceptors (Lipinski definition) is 5. The van der Waals surface area contributed by atoms with Crippen molar-refractivity contribution in [2.45, 2.75) is 25.7 Å². The number of carbonyl (C=O) groups is 1. The van der Waals surface area contributed by atoms with Crippen LogP contribution in [0.25, 0.3) is 0 Å². The van der Waals surface area contributed by atoms with Gasteiger partial charge in [-0.3, -0.25) is 14.7 Å². The van der Waals surface area contributed by atoms with Gasteiger partial charge in [0.25, 0.3) is 0 Å². The van der Waals surface area contributed by atoms with Crippen molar-refractivity contribution in [1.82, 2.24) is 15.1 Å². The fraction of sp³-hybridized carbons (Fsp3) is 0.652. The third-order valence-electron chi connectivity index (χ3n) is 6.22. The molecular formula is C23H38IN5O2. The first-order valence-corrected chi connectivity index (χ1v) is 11.3. The number of aliphatic imine (C=N–C) groups is 1. The molecule has 7 nitrogen and oxygen atoms in total. The molecule has 2 aliphatic heterocycles. The number of halogens is 1. The lowest BCUT2D eigenvalue weighted by atomic mass is 9.97. The summed E-state index contributed by atoms with van der Waals surface area (Å²) in [6.07, 6.45) is 4.00. The third kappa shape index (κ3) is 7.82. The zero-order valence-electron chi connectivity index (χ0n) is 19.0. The molecule has 0 radical (unpaired) electrons. The fourth-order valence-corrected chi connectivity index (χ4v) is 4.36. The summed E-state index contributed by atoms with van der Waals surface area (Å²) in [5.41, 5.74) is 1.34. The highest BCUT2D eigenvalue weighted by molar-refractivity contribution is 14.0. The monoisotopic (exact) mass is 543 g/mol. The van der Waals surface area contributed by atoms with E-state index in [1.54, 1.807) is 0 Å². The molecule has 0 aliphatic carbocycles. The van der Waals surface area contributed by atoms with Crippen molar-refractivity contribution in [3.8, 4) is 0 Å². The quantitative estimate of drug-likeness (QED) is 0.188. The number of benzene rings is 1. The van der Waals surface area contributed by atoms with E-state index in [1.165, 1.54) is 19.2 Å². The molecule has 1 aromatic carbocycles. The van der Waals surface area contributed by atoms with Gasteiger partial charge < -0.3 is 19.9 Å². The van der Waals surface area contributed by atoms with Crippen molar-refractivity contribution in [1.29, 1.82) is 0 Å². The maximum atomic E-state index is 11.7. The Balaban J connectivity index is 0.00000341. The van der Waals surface area contributed by atoms with Crippen LogP contribution in [0.4, 0.5) is 5.69 Å². The van der Waals surface area contributed by atoms with E-state index in [0.29, 0.717) is 0 Å². The minimum Gasteiger partial charge on any atom is -0.469 e. The molecule has 1 aromatic rings. The predicted molar refractivity (Wildman–Crippen MR) is 137 cm³/mol. The Morgan fingerprint density at radius 3 is 2.35 bits per heavy atom. The second-order valence-electron chi connectivity index (χ2n) is 8.13. The van der Waals surface area contributed by atoms with E-state index >= 15 is 0 Å². The molecule has 8 heteroatoms. The number of esters is 1. The Labute approximate surface area is 204 Å². The Kier molecular flexibility index (Phi) is 11.4. The van der Waals surface area contributed by atoms with Gasteiger partial charge in [-0.15, -0.1) is 24.0 Å². The van der Waals surface area contributed by atoms with Crippen LogP contribution in [0.3, 0.4) is 0 Å². The molecule has 1 N–H and O–H groups in total. The van der Waals surface area contributed by atoms with E-state index in [4.69, 9.17) is 4.74 Å². The lowest BCUT2D eigenvalue weighted by Gasteiger charge is -2.36. The van der Waals surface area contributed by atoms with Gasteiger partial charge in [0, 0.05) is 58.5 Å². The molecule has 2 aliphatic rings. The smallest absolute Gasteiger partial charge is 0.308 e. The number of piperidine rings is 1. The maximum Gasteiger partial charge on any atom is 0.308 e. The van der Waals surface area contributed by atoms with Crippen molar-refractivity contribution in [3.05, 3.63) is 30.3 Å². The van der Waals surface area contributed by atoms with Gasteiger partial charge in [-0.25, -0.2) is 0 Å². The zero-order chi connectivity index (χ0) is 21.2. The van der Waals surface area contributed by atoms with Crippen LogP contribution in [-0.4, -0.2) is 88.2 Å². The average Bonchev–Trinajstić information content (AvgIpc) is 2.82. The molecule has 2 heterocycles. The number of methoxy groups -OCH3 is 1. The van der Waals surface area contributed by atoms with Gasteiger partial charge in [0.2, 0.25) is 0 Å². The Morgan fingerprint density at radius 1 is 1.06 bits per heavy atom. The van der Waals surface area contributed by atoms with Gasteiger partial charge in [0.1, 0.15) is 0 Å². The highest BCUT2D eigenvalue weighted by atomic mass is 127. The summed E-state index contributed by atoms with van der Waals surface area (Å²) in [6, 6.07) is 10.7. The number of ether oxygens (including phenoxy) is 1. The highest BCUT2D eigenvalue weighted by Gasteiger charge is 2.26. The van der Waals surface area contributed by atoms with Crippen LogP contribution in [0.5, 0.6) is 0 Å². The van der Waals surface area contributed by atoms with Gasteiger partial charge in [-0.1, -0.05) is 18.2 Å². The van der Waals surface area contributed by atoms with Gasteiger partial charge in [0.05, 0.1) is 13.0 Å². The number of hydrogen-bond donors (Lipinski definition) is 1. The van der Waals surface area contributed by atoms with Crippen molar-refractivity contribution >= 4 is 41.6 Å². The number of nitrogens with one attached hydrogen (secondary N) is 1. The molecular weight excluding hydrogens is 505 g/mol. The van der Waals surface area contributed by atoms with Crippen molar-refractivity contribution in [3.63, 3.8) is 0 Å². The standard InChI is InChI=1S/C23H37N5O2.HI/c1-24-23(28-14-10-20(11-15-28)22(29)30-2)25-12-6-7-13-26-16-18-27(19-17-26)21-8-4-3-5-9-21;/h3-5,8-9,20H,6-7,10-19H2,1-2H3,(H,24,25);1H. The SMILES string of the molecule is CN=C(NCCCCN1CCN(c2ccccc2)CC1)N1CCC(C(=O)OC)CC1.I. The summed E-state index contributed by atoms with van der Waals surface area (Å²) in [6.45, 7) is 8.29. The van der Waals surface area contributed by atoms with Crippen molar-refractivity contribution in [2.24, 2.45) is 10.9 Å². The van der Waals surface area contributed by atoms with Gasteiger partial charge >= 0.3 is 5.97 Å². The second-order valence-corrected chi connectivity index (χ2v) is 8.13. The highest BCUT2D eigenvalue weighted by Crippen LogP contribution is 2.18. The first kappa shape index (κ1) is 25.7. The maximum absolute atomic E-state index is 11.7. The van der Waals surface area contributed by atoms with E-state index in [-0.39, 0.29) is 35.9 Å².